The van der Waals surface area contributed by atoms with Gasteiger partial charge in [-0.2, -0.15) is 0 Å². The van der Waals surface area contributed by atoms with Crippen LogP contribution in [0.5, 0.6) is 0 Å². The summed E-state index contributed by atoms with van der Waals surface area (Å²) in [6, 6.07) is 9.93. The van der Waals surface area contributed by atoms with Gasteiger partial charge in [-0.15, -0.1) is 11.3 Å². The number of hydrogen-bond acceptors (Lipinski definition) is 6. The number of hydrogen-bond donors (Lipinski definition) is 1. The summed E-state index contributed by atoms with van der Waals surface area (Å²) in [5, 5.41) is 7.91. The van der Waals surface area contributed by atoms with Gasteiger partial charge < -0.3 is 9.84 Å². The molecule has 1 aliphatic rings. The Kier molecular flexibility index (Phi) is 4.99. The zero-order valence-corrected chi connectivity index (χ0v) is 15.6. The Hall–Kier alpha value is -2.25. The first-order valence-corrected chi connectivity index (χ1v) is 9.77. The first kappa shape index (κ1) is 17.2. The van der Waals surface area contributed by atoms with Crippen LogP contribution in [0.1, 0.15) is 34.1 Å². The van der Waals surface area contributed by atoms with Crippen LogP contribution in [-0.4, -0.2) is 40.6 Å². The van der Waals surface area contributed by atoms with Crippen LogP contribution in [0.2, 0.25) is 0 Å². The zero-order chi connectivity index (χ0) is 17.9. The van der Waals surface area contributed by atoms with Gasteiger partial charge in [0.1, 0.15) is 10.8 Å². The average Bonchev–Trinajstić information content (AvgIpc) is 3.25. The molecule has 3 aromatic rings. The molecule has 1 aliphatic heterocycles. The second kappa shape index (κ2) is 7.55. The summed E-state index contributed by atoms with van der Waals surface area (Å²) in [4.78, 5) is 19.3. The molecule has 26 heavy (non-hydrogen) atoms. The van der Waals surface area contributed by atoms with Crippen LogP contribution < -0.4 is 5.32 Å². The molecule has 3 heterocycles. The molecule has 136 valence electrons. The van der Waals surface area contributed by atoms with Crippen molar-refractivity contribution in [3.8, 4) is 0 Å². The normalized spacial score (nSPS) is 18.3. The van der Waals surface area contributed by atoms with Gasteiger partial charge in [0.15, 0.2) is 5.69 Å². The predicted octanol–water partition coefficient (Wildman–Crippen LogP) is 3.23. The fourth-order valence-electron chi connectivity index (χ4n) is 3.44. The Morgan fingerprint density at radius 2 is 2.31 bits per heavy atom. The molecule has 1 unspecified atom stereocenters. The number of likely N-dealkylation sites (tertiary alicyclic amines) is 1. The predicted molar refractivity (Wildman–Crippen MR) is 101 cm³/mol. The fourth-order valence-corrected chi connectivity index (χ4v) is 4.45. The monoisotopic (exact) mass is 370 g/mol. The number of fused-ring (bicyclic) bond motifs is 1. The summed E-state index contributed by atoms with van der Waals surface area (Å²) in [7, 11) is 0. The third-order valence-corrected chi connectivity index (χ3v) is 5.73. The third kappa shape index (κ3) is 3.94. The van der Waals surface area contributed by atoms with Crippen molar-refractivity contribution >= 4 is 27.5 Å². The zero-order valence-electron chi connectivity index (χ0n) is 14.8. The van der Waals surface area contributed by atoms with Crippen molar-refractivity contribution in [1.29, 1.82) is 0 Å². The number of amides is 1. The van der Waals surface area contributed by atoms with Gasteiger partial charge in [0.2, 0.25) is 0 Å². The molecule has 0 saturated carbocycles. The van der Waals surface area contributed by atoms with Gasteiger partial charge in [0.25, 0.3) is 5.91 Å². The number of carbonyl (C=O) groups excluding carboxylic acids is 1. The van der Waals surface area contributed by atoms with E-state index in [1.54, 1.807) is 24.3 Å². The summed E-state index contributed by atoms with van der Waals surface area (Å²) in [6.07, 6.45) is 2.28. The first-order valence-electron chi connectivity index (χ1n) is 8.96. The van der Waals surface area contributed by atoms with Crippen molar-refractivity contribution in [3.05, 3.63) is 46.8 Å². The van der Waals surface area contributed by atoms with E-state index in [2.05, 4.69) is 33.6 Å². The Morgan fingerprint density at radius 3 is 3.12 bits per heavy atom. The van der Waals surface area contributed by atoms with E-state index in [9.17, 15) is 4.79 Å². The van der Waals surface area contributed by atoms with E-state index in [1.807, 2.05) is 6.07 Å². The summed E-state index contributed by atoms with van der Waals surface area (Å²) in [6.45, 7) is 5.40. The van der Waals surface area contributed by atoms with Gasteiger partial charge in [-0.3, -0.25) is 9.69 Å². The highest BCUT2D eigenvalue weighted by Crippen LogP contribution is 2.24. The van der Waals surface area contributed by atoms with Crippen molar-refractivity contribution < 1.29 is 9.32 Å². The lowest BCUT2D eigenvalue weighted by Gasteiger charge is -2.32. The Morgan fingerprint density at radius 1 is 1.42 bits per heavy atom. The van der Waals surface area contributed by atoms with Crippen LogP contribution in [0.25, 0.3) is 10.2 Å². The average molecular weight is 370 g/mol. The Labute approximate surface area is 156 Å². The molecule has 0 bridgehead atoms. The molecular weight excluding hydrogens is 348 g/mol. The number of nitrogens with zero attached hydrogens (tertiary/aromatic N) is 3. The number of thiazole rings is 1. The van der Waals surface area contributed by atoms with E-state index in [0.29, 0.717) is 23.9 Å². The van der Waals surface area contributed by atoms with Gasteiger partial charge in [-0.25, -0.2) is 4.98 Å². The summed E-state index contributed by atoms with van der Waals surface area (Å²) < 4.78 is 6.20. The molecule has 4 rings (SSSR count). The number of aryl methyl sites for hydroxylation is 1. The molecule has 1 saturated heterocycles. The largest absolute Gasteiger partial charge is 0.361 e. The maximum Gasteiger partial charge on any atom is 0.273 e. The molecule has 1 aromatic carbocycles. The lowest BCUT2D eigenvalue weighted by atomic mass is 9.98. The highest BCUT2D eigenvalue weighted by molar-refractivity contribution is 7.18. The van der Waals surface area contributed by atoms with Crippen LogP contribution in [-0.2, 0) is 6.54 Å². The molecular formula is C19H22N4O2S. The number of nitrogens with one attached hydrogen (secondary N) is 1. The van der Waals surface area contributed by atoms with Crippen molar-refractivity contribution in [2.24, 2.45) is 5.92 Å². The van der Waals surface area contributed by atoms with Crippen LogP contribution in [0.15, 0.2) is 34.9 Å². The topological polar surface area (TPSA) is 71.3 Å². The molecule has 0 radical (unpaired) electrons. The molecule has 1 amide bonds. The number of aromatic nitrogens is 2. The highest BCUT2D eigenvalue weighted by atomic mass is 32.1. The Bertz CT molecular complexity index is 871. The molecule has 1 fully saturated rings. The third-order valence-electron chi connectivity index (χ3n) is 4.71. The molecule has 0 spiro atoms. The minimum absolute atomic E-state index is 0.162. The van der Waals surface area contributed by atoms with Crippen molar-refractivity contribution in [3.63, 3.8) is 0 Å². The van der Waals surface area contributed by atoms with Crippen molar-refractivity contribution in [2.45, 2.75) is 26.3 Å². The van der Waals surface area contributed by atoms with E-state index < -0.39 is 0 Å². The summed E-state index contributed by atoms with van der Waals surface area (Å²) in [5.41, 5.74) is 1.43. The number of benzene rings is 1. The maximum absolute atomic E-state index is 12.1. The number of carbonyl (C=O) groups is 1. The SMILES string of the molecule is Cc1cc(C(=O)NCC2CCCN(Cc3nc4ccccc4s3)C2)no1. The minimum atomic E-state index is -0.162. The standard InChI is InChI=1S/C19H22N4O2S/c1-13-9-16(22-25-13)19(24)20-10-14-5-4-8-23(11-14)12-18-21-15-6-2-3-7-17(15)26-18/h2-3,6-7,9,14H,4-5,8,10-12H2,1H3,(H,20,24). The van der Waals surface area contributed by atoms with Crippen LogP contribution in [0.4, 0.5) is 0 Å². The van der Waals surface area contributed by atoms with E-state index >= 15 is 0 Å². The van der Waals surface area contributed by atoms with Gasteiger partial charge in [-0.05, 0) is 44.4 Å². The van der Waals surface area contributed by atoms with E-state index in [-0.39, 0.29) is 5.91 Å². The molecule has 6 nitrogen and oxygen atoms in total. The number of rotatable bonds is 5. The number of para-hydroxylation sites is 1. The second-order valence-corrected chi connectivity index (χ2v) is 7.97. The lowest BCUT2D eigenvalue weighted by Crippen LogP contribution is -2.40. The molecule has 2 aromatic heterocycles. The lowest BCUT2D eigenvalue weighted by molar-refractivity contribution is 0.0921. The van der Waals surface area contributed by atoms with Gasteiger partial charge >= 0.3 is 0 Å². The molecule has 0 aliphatic carbocycles. The summed E-state index contributed by atoms with van der Waals surface area (Å²) in [5.74, 6) is 0.940. The molecule has 1 N–H and O–H groups in total. The van der Waals surface area contributed by atoms with Crippen LogP contribution in [0, 0.1) is 12.8 Å². The molecule has 7 heteroatoms. The van der Waals surface area contributed by atoms with E-state index in [1.165, 1.54) is 4.70 Å². The van der Waals surface area contributed by atoms with Crippen molar-refractivity contribution in [1.82, 2.24) is 20.4 Å². The summed E-state index contributed by atoms with van der Waals surface area (Å²) >= 11 is 1.77. The van der Waals surface area contributed by atoms with E-state index in [0.717, 1.165) is 43.0 Å². The first-order chi connectivity index (χ1) is 12.7. The maximum atomic E-state index is 12.1. The molecule has 1 atom stereocenters. The van der Waals surface area contributed by atoms with Crippen LogP contribution in [0.3, 0.4) is 0 Å². The van der Waals surface area contributed by atoms with E-state index in [4.69, 9.17) is 9.51 Å². The fraction of sp³-hybridized carbons (Fsp3) is 0.421. The second-order valence-electron chi connectivity index (χ2n) is 6.85. The van der Waals surface area contributed by atoms with Crippen LogP contribution >= 0.6 is 11.3 Å². The highest BCUT2D eigenvalue weighted by Gasteiger charge is 2.22. The number of piperidine rings is 1. The Balaban J connectivity index is 1.31. The van der Waals surface area contributed by atoms with Gasteiger partial charge in [0.05, 0.1) is 16.8 Å². The van der Waals surface area contributed by atoms with Gasteiger partial charge in [0, 0.05) is 19.2 Å². The smallest absolute Gasteiger partial charge is 0.273 e. The quantitative estimate of drug-likeness (QED) is 0.747. The minimum Gasteiger partial charge on any atom is -0.361 e. The van der Waals surface area contributed by atoms with Crippen molar-refractivity contribution in [2.75, 3.05) is 19.6 Å². The van der Waals surface area contributed by atoms with Gasteiger partial charge in [-0.1, -0.05) is 17.3 Å².